The molecule has 9 atom stereocenters. The Hall–Kier alpha value is -1.25. The molecule has 0 aromatic heterocycles. The molecule has 9 unspecified atom stereocenters. The van der Waals surface area contributed by atoms with Gasteiger partial charge in [-0.1, -0.05) is 32.1 Å². The van der Waals surface area contributed by atoms with Crippen LogP contribution in [-0.2, 0) is 19.0 Å². The number of hydrogen-bond donors (Lipinski definition) is 3. The van der Waals surface area contributed by atoms with Gasteiger partial charge in [-0.15, -0.1) is 0 Å². The van der Waals surface area contributed by atoms with Gasteiger partial charge in [-0.3, -0.25) is 4.79 Å². The lowest BCUT2D eigenvalue weighted by atomic mass is 9.84. The van der Waals surface area contributed by atoms with Crippen molar-refractivity contribution in [2.45, 2.75) is 109 Å². The Labute approximate surface area is 192 Å². The number of aliphatic hydroxyl groups excluding tert-OH is 1. The van der Waals surface area contributed by atoms with Gasteiger partial charge < -0.3 is 29.5 Å². The molecule has 32 heavy (non-hydrogen) atoms. The van der Waals surface area contributed by atoms with Crippen molar-refractivity contribution in [2.75, 3.05) is 7.11 Å². The van der Waals surface area contributed by atoms with Crippen LogP contribution in [0.3, 0.4) is 0 Å². The van der Waals surface area contributed by atoms with Crippen molar-refractivity contribution in [3.63, 3.8) is 0 Å². The van der Waals surface area contributed by atoms with E-state index in [-0.39, 0.29) is 36.8 Å². The Morgan fingerprint density at radius 3 is 2.56 bits per heavy atom. The average molecular weight is 455 g/mol. The highest BCUT2D eigenvalue weighted by Crippen LogP contribution is 2.48. The van der Waals surface area contributed by atoms with Gasteiger partial charge in [0.1, 0.15) is 0 Å². The number of hydrogen-bond acceptors (Lipinski definition) is 6. The zero-order valence-corrected chi connectivity index (χ0v) is 20.6. The van der Waals surface area contributed by atoms with E-state index in [1.165, 1.54) is 0 Å². The molecule has 0 amide bonds. The summed E-state index contributed by atoms with van der Waals surface area (Å²) in [6.45, 7) is 11.5. The summed E-state index contributed by atoms with van der Waals surface area (Å²) in [6, 6.07) is 0. The molecule has 7 heteroatoms. The highest BCUT2D eigenvalue weighted by Gasteiger charge is 2.58. The number of allylic oxidation sites excluding steroid dienone is 2. The van der Waals surface area contributed by atoms with Crippen LogP contribution in [0.15, 0.2) is 23.8 Å². The van der Waals surface area contributed by atoms with Crippen LogP contribution in [0.2, 0.25) is 0 Å². The van der Waals surface area contributed by atoms with Crippen LogP contribution in [-0.4, -0.2) is 70.1 Å². The highest BCUT2D eigenvalue weighted by atomic mass is 16.6. The summed E-state index contributed by atoms with van der Waals surface area (Å²) in [7, 11) is 1.59. The Bertz CT molecular complexity index is 698. The molecule has 0 saturated carbocycles. The van der Waals surface area contributed by atoms with Crippen LogP contribution in [0, 0.1) is 11.8 Å². The molecular formula is C25H42O7. The van der Waals surface area contributed by atoms with Crippen LogP contribution in [0.4, 0.5) is 0 Å². The number of aliphatic carboxylic acids is 1. The third kappa shape index (κ3) is 7.12. The van der Waals surface area contributed by atoms with E-state index in [1.54, 1.807) is 27.0 Å². The lowest BCUT2D eigenvalue weighted by Crippen LogP contribution is -2.38. The summed E-state index contributed by atoms with van der Waals surface area (Å²) in [4.78, 5) is 11.0. The van der Waals surface area contributed by atoms with Crippen molar-refractivity contribution in [1.29, 1.82) is 0 Å². The molecule has 2 saturated heterocycles. The Morgan fingerprint density at radius 2 is 2.00 bits per heavy atom. The second-order valence-electron chi connectivity index (χ2n) is 10.3. The molecule has 0 aliphatic carbocycles. The third-order valence-corrected chi connectivity index (χ3v) is 6.86. The fourth-order valence-electron chi connectivity index (χ4n) is 5.27. The zero-order chi connectivity index (χ0) is 24.3. The quantitative estimate of drug-likeness (QED) is 0.324. The van der Waals surface area contributed by atoms with Crippen molar-refractivity contribution >= 4 is 5.97 Å². The predicted octanol–water partition coefficient (Wildman–Crippen LogP) is 3.48. The van der Waals surface area contributed by atoms with Gasteiger partial charge in [-0.05, 0) is 52.0 Å². The van der Waals surface area contributed by atoms with Gasteiger partial charge in [0.15, 0.2) is 0 Å². The van der Waals surface area contributed by atoms with Gasteiger partial charge >= 0.3 is 5.97 Å². The van der Waals surface area contributed by atoms with E-state index in [0.717, 1.165) is 18.4 Å². The van der Waals surface area contributed by atoms with Gasteiger partial charge in [0, 0.05) is 19.4 Å². The summed E-state index contributed by atoms with van der Waals surface area (Å²) < 4.78 is 17.4. The van der Waals surface area contributed by atoms with E-state index in [1.807, 2.05) is 32.9 Å². The Kier molecular flexibility index (Phi) is 9.10. The highest BCUT2D eigenvalue weighted by molar-refractivity contribution is 5.67. The summed E-state index contributed by atoms with van der Waals surface area (Å²) in [6.07, 6.45) is 6.27. The smallest absolute Gasteiger partial charge is 0.305 e. The first-order chi connectivity index (χ1) is 14.8. The van der Waals surface area contributed by atoms with Gasteiger partial charge in [-0.2, -0.15) is 0 Å². The Morgan fingerprint density at radius 1 is 1.34 bits per heavy atom. The maximum atomic E-state index is 11.0. The van der Waals surface area contributed by atoms with Crippen molar-refractivity contribution in [2.24, 2.45) is 11.8 Å². The van der Waals surface area contributed by atoms with E-state index in [9.17, 15) is 15.0 Å². The summed E-state index contributed by atoms with van der Waals surface area (Å²) in [5, 5.41) is 29.9. The second kappa shape index (κ2) is 10.8. The summed E-state index contributed by atoms with van der Waals surface area (Å²) >= 11 is 0. The van der Waals surface area contributed by atoms with E-state index >= 15 is 0 Å². The van der Waals surface area contributed by atoms with Crippen molar-refractivity contribution in [3.8, 4) is 0 Å². The molecule has 2 rings (SSSR count). The number of carboxylic acids is 1. The molecular weight excluding hydrogens is 412 g/mol. The van der Waals surface area contributed by atoms with E-state index in [2.05, 4.69) is 6.92 Å². The number of ether oxygens (including phenoxy) is 3. The normalized spacial score (nSPS) is 35.8. The molecule has 2 fully saturated rings. The number of aliphatic hydroxyl groups is 2. The van der Waals surface area contributed by atoms with Gasteiger partial charge in [0.2, 0.25) is 0 Å². The molecule has 0 spiro atoms. The first-order valence-corrected chi connectivity index (χ1v) is 11.6. The number of carboxylic acid groups (broad SMARTS) is 1. The van der Waals surface area contributed by atoms with E-state index in [4.69, 9.17) is 19.3 Å². The lowest BCUT2D eigenvalue weighted by Gasteiger charge is -2.35. The number of carbonyl (C=O) groups is 1. The molecule has 7 nitrogen and oxygen atoms in total. The van der Waals surface area contributed by atoms with E-state index < -0.39 is 23.3 Å². The molecule has 184 valence electrons. The first kappa shape index (κ1) is 27.0. The SMILES string of the molecule is COC(C(C)O)C(C)C1OC1(C)CC(C)(O)C=CC=C(C)C1OC(CC(=O)O)CCC1C. The van der Waals surface area contributed by atoms with Crippen LogP contribution >= 0.6 is 0 Å². The van der Waals surface area contributed by atoms with Crippen LogP contribution in [0.25, 0.3) is 0 Å². The molecule has 0 aromatic carbocycles. The summed E-state index contributed by atoms with van der Waals surface area (Å²) in [5.74, 6) is -0.529. The largest absolute Gasteiger partial charge is 0.481 e. The lowest BCUT2D eigenvalue weighted by molar-refractivity contribution is -0.143. The Balaban J connectivity index is 1.97. The maximum absolute atomic E-state index is 11.0. The molecule has 2 aliphatic rings. The standard InChI is InChI=1S/C25H42O7/c1-15(21-16(2)10-11-19(31-21)13-20(27)28)9-8-12-24(5,29)14-25(6)23(32-25)17(3)22(30-7)18(4)26/h8-9,12,16-19,21-23,26,29H,10-11,13-14H2,1-7H3,(H,27,28). The zero-order valence-electron chi connectivity index (χ0n) is 20.6. The second-order valence-corrected chi connectivity index (χ2v) is 10.3. The van der Waals surface area contributed by atoms with Gasteiger partial charge in [0.25, 0.3) is 0 Å². The fourth-order valence-corrected chi connectivity index (χ4v) is 5.27. The van der Waals surface area contributed by atoms with Crippen molar-refractivity contribution in [3.05, 3.63) is 23.8 Å². The van der Waals surface area contributed by atoms with Crippen LogP contribution in [0.1, 0.15) is 67.2 Å². The fraction of sp³-hybridized carbons (Fsp3) is 0.800. The first-order valence-electron chi connectivity index (χ1n) is 11.6. The summed E-state index contributed by atoms with van der Waals surface area (Å²) in [5.41, 5.74) is -0.541. The molecule has 2 heterocycles. The molecule has 3 N–H and O–H groups in total. The van der Waals surface area contributed by atoms with E-state index in [0.29, 0.717) is 12.3 Å². The molecule has 2 aliphatic heterocycles. The van der Waals surface area contributed by atoms with Gasteiger partial charge in [0.05, 0.1) is 48.1 Å². The average Bonchev–Trinajstić information content (AvgIpc) is 3.32. The molecule has 0 aromatic rings. The maximum Gasteiger partial charge on any atom is 0.305 e. The molecule has 0 radical (unpaired) electrons. The van der Waals surface area contributed by atoms with Crippen LogP contribution < -0.4 is 0 Å². The predicted molar refractivity (Wildman–Crippen MR) is 122 cm³/mol. The third-order valence-electron chi connectivity index (χ3n) is 6.86. The van der Waals surface area contributed by atoms with Crippen molar-refractivity contribution < 1.29 is 34.3 Å². The van der Waals surface area contributed by atoms with Crippen molar-refractivity contribution in [1.82, 2.24) is 0 Å². The minimum Gasteiger partial charge on any atom is -0.481 e. The number of epoxide rings is 1. The van der Waals surface area contributed by atoms with Crippen LogP contribution in [0.5, 0.6) is 0 Å². The topological polar surface area (TPSA) is 109 Å². The minimum atomic E-state index is -1.07. The molecule has 0 bridgehead atoms. The number of methoxy groups -OCH3 is 1. The number of rotatable bonds is 11. The van der Waals surface area contributed by atoms with Gasteiger partial charge in [-0.25, -0.2) is 0 Å². The monoisotopic (exact) mass is 454 g/mol. The minimum absolute atomic E-state index is 0.00407.